The third-order valence-electron chi connectivity index (χ3n) is 1.83. The van der Waals surface area contributed by atoms with Gasteiger partial charge in [0.15, 0.2) is 11.5 Å². The van der Waals surface area contributed by atoms with E-state index < -0.39 is 0 Å². The van der Waals surface area contributed by atoms with Gasteiger partial charge in [-0.2, -0.15) is 0 Å². The van der Waals surface area contributed by atoms with Crippen LogP contribution in [0.25, 0.3) is 0 Å². The van der Waals surface area contributed by atoms with E-state index in [0.29, 0.717) is 0 Å². The van der Waals surface area contributed by atoms with Gasteiger partial charge in [-0.3, -0.25) is 0 Å². The summed E-state index contributed by atoms with van der Waals surface area (Å²) in [5.74, 6) is 1.71. The quantitative estimate of drug-likeness (QED) is 0.741. The number of halogens is 1. The second kappa shape index (κ2) is 6.93. The number of hydrogen-bond acceptors (Lipinski definition) is 2. The van der Waals surface area contributed by atoms with Crippen molar-refractivity contribution in [2.45, 2.75) is 26.7 Å². The molecule has 0 aliphatic heterocycles. The van der Waals surface area contributed by atoms with Gasteiger partial charge in [0.1, 0.15) is 0 Å². The minimum Gasteiger partial charge on any atom is -0.490 e. The van der Waals surface area contributed by atoms with Crippen molar-refractivity contribution in [2.75, 3.05) is 13.2 Å². The fourth-order valence-corrected chi connectivity index (χ4v) is 1.60. The molecule has 0 amide bonds. The molecule has 0 fully saturated rings. The summed E-state index contributed by atoms with van der Waals surface area (Å²) in [5, 5.41) is 0. The van der Waals surface area contributed by atoms with Gasteiger partial charge in [-0.25, -0.2) is 0 Å². The third kappa shape index (κ3) is 4.28. The number of ether oxygens (including phenoxy) is 2. The van der Waals surface area contributed by atoms with Crippen molar-refractivity contribution in [1.29, 1.82) is 0 Å². The molecule has 84 valence electrons. The molecule has 0 aliphatic rings. The first-order chi connectivity index (χ1) is 7.27. The first-order valence-electron chi connectivity index (χ1n) is 5.33. The van der Waals surface area contributed by atoms with E-state index in [1.807, 2.05) is 18.2 Å². The monoisotopic (exact) mass is 320 g/mol. The molecule has 0 N–H and O–H groups in total. The topological polar surface area (TPSA) is 18.5 Å². The van der Waals surface area contributed by atoms with Gasteiger partial charge in [0.2, 0.25) is 0 Å². The van der Waals surface area contributed by atoms with Crippen LogP contribution in [0.1, 0.15) is 26.7 Å². The van der Waals surface area contributed by atoms with Crippen molar-refractivity contribution in [3.8, 4) is 11.5 Å². The number of rotatable bonds is 6. The molecule has 0 aliphatic carbocycles. The summed E-state index contributed by atoms with van der Waals surface area (Å²) >= 11 is 2.28. The molecule has 1 aromatic rings. The molecule has 0 atom stereocenters. The molecule has 2 nitrogen and oxygen atoms in total. The van der Waals surface area contributed by atoms with E-state index in [1.54, 1.807) is 0 Å². The predicted molar refractivity (Wildman–Crippen MR) is 70.7 cm³/mol. The Kier molecular flexibility index (Phi) is 5.83. The van der Waals surface area contributed by atoms with Gasteiger partial charge in [-0.1, -0.05) is 13.8 Å². The van der Waals surface area contributed by atoms with Crippen LogP contribution in [0.4, 0.5) is 0 Å². The second-order valence-corrected chi connectivity index (χ2v) is 4.53. The highest BCUT2D eigenvalue weighted by molar-refractivity contribution is 14.1. The average Bonchev–Trinajstić information content (AvgIpc) is 2.25. The summed E-state index contributed by atoms with van der Waals surface area (Å²) in [7, 11) is 0. The Morgan fingerprint density at radius 1 is 1.00 bits per heavy atom. The van der Waals surface area contributed by atoms with E-state index >= 15 is 0 Å². The standard InChI is InChI=1S/C12H17IO2/c1-3-7-14-11-6-5-10(13)9-12(11)15-8-4-2/h5-6,9H,3-4,7-8H2,1-2H3. The highest BCUT2D eigenvalue weighted by Crippen LogP contribution is 2.29. The minimum atomic E-state index is 0.739. The zero-order valence-corrected chi connectivity index (χ0v) is 11.4. The molecule has 0 spiro atoms. The third-order valence-corrected chi connectivity index (χ3v) is 2.50. The van der Waals surface area contributed by atoms with Crippen molar-refractivity contribution in [3.63, 3.8) is 0 Å². The molecule has 1 aromatic carbocycles. The zero-order chi connectivity index (χ0) is 11.1. The Hall–Kier alpha value is -0.450. The van der Waals surface area contributed by atoms with Crippen molar-refractivity contribution >= 4 is 22.6 Å². The van der Waals surface area contributed by atoms with Crippen LogP contribution in [-0.2, 0) is 0 Å². The highest BCUT2D eigenvalue weighted by Gasteiger charge is 2.05. The lowest BCUT2D eigenvalue weighted by Gasteiger charge is -2.12. The van der Waals surface area contributed by atoms with E-state index in [1.165, 1.54) is 3.57 Å². The van der Waals surface area contributed by atoms with Crippen LogP contribution in [0.5, 0.6) is 11.5 Å². The highest BCUT2D eigenvalue weighted by atomic mass is 127. The maximum Gasteiger partial charge on any atom is 0.162 e. The molecule has 0 saturated carbocycles. The molecule has 0 radical (unpaired) electrons. The van der Waals surface area contributed by atoms with Crippen LogP contribution >= 0.6 is 22.6 Å². The molecule has 15 heavy (non-hydrogen) atoms. The van der Waals surface area contributed by atoms with E-state index in [9.17, 15) is 0 Å². The summed E-state index contributed by atoms with van der Waals surface area (Å²) < 4.78 is 12.4. The fraction of sp³-hybridized carbons (Fsp3) is 0.500. The zero-order valence-electron chi connectivity index (χ0n) is 9.25. The summed E-state index contributed by atoms with van der Waals surface area (Å²) in [6.45, 7) is 5.67. The molecule has 0 unspecified atom stereocenters. The molecule has 1 rings (SSSR count). The summed E-state index contributed by atoms with van der Waals surface area (Å²) in [4.78, 5) is 0. The molecule has 0 bridgehead atoms. The minimum absolute atomic E-state index is 0.739. The lowest BCUT2D eigenvalue weighted by molar-refractivity contribution is 0.268. The van der Waals surface area contributed by atoms with Gasteiger partial charge in [0.05, 0.1) is 13.2 Å². The molecule has 0 saturated heterocycles. The van der Waals surface area contributed by atoms with Crippen LogP contribution in [-0.4, -0.2) is 13.2 Å². The van der Waals surface area contributed by atoms with Crippen LogP contribution in [0.2, 0.25) is 0 Å². The summed E-state index contributed by atoms with van der Waals surface area (Å²) in [6.07, 6.45) is 2.03. The molecule has 3 heteroatoms. The average molecular weight is 320 g/mol. The van der Waals surface area contributed by atoms with E-state index in [4.69, 9.17) is 9.47 Å². The van der Waals surface area contributed by atoms with Gasteiger partial charge >= 0.3 is 0 Å². The van der Waals surface area contributed by atoms with E-state index in [-0.39, 0.29) is 0 Å². The fourth-order valence-electron chi connectivity index (χ4n) is 1.14. The van der Waals surface area contributed by atoms with Crippen LogP contribution < -0.4 is 9.47 Å². The van der Waals surface area contributed by atoms with Crippen molar-refractivity contribution in [1.82, 2.24) is 0 Å². The summed E-state index contributed by atoms with van der Waals surface area (Å²) in [5.41, 5.74) is 0. The Morgan fingerprint density at radius 3 is 2.20 bits per heavy atom. The Morgan fingerprint density at radius 2 is 1.60 bits per heavy atom. The second-order valence-electron chi connectivity index (χ2n) is 3.29. The first-order valence-corrected chi connectivity index (χ1v) is 6.41. The van der Waals surface area contributed by atoms with Gasteiger partial charge in [0, 0.05) is 3.57 Å². The normalized spacial score (nSPS) is 10.1. The lowest BCUT2D eigenvalue weighted by Crippen LogP contribution is -2.01. The Bertz CT molecular complexity index is 300. The van der Waals surface area contributed by atoms with Crippen LogP contribution in [0.3, 0.4) is 0 Å². The van der Waals surface area contributed by atoms with Crippen molar-refractivity contribution < 1.29 is 9.47 Å². The van der Waals surface area contributed by atoms with Gasteiger partial charge in [-0.05, 0) is 53.6 Å². The van der Waals surface area contributed by atoms with E-state index in [2.05, 4.69) is 36.4 Å². The molecular formula is C12H17IO2. The predicted octanol–water partition coefficient (Wildman–Crippen LogP) is 3.87. The van der Waals surface area contributed by atoms with Crippen LogP contribution in [0.15, 0.2) is 18.2 Å². The van der Waals surface area contributed by atoms with Gasteiger partial charge in [-0.15, -0.1) is 0 Å². The first kappa shape index (κ1) is 12.6. The van der Waals surface area contributed by atoms with Crippen molar-refractivity contribution in [3.05, 3.63) is 21.8 Å². The Balaban J connectivity index is 2.73. The molecular weight excluding hydrogens is 303 g/mol. The van der Waals surface area contributed by atoms with Crippen LogP contribution in [0, 0.1) is 3.57 Å². The summed E-state index contributed by atoms with van der Waals surface area (Å²) in [6, 6.07) is 6.02. The maximum absolute atomic E-state index is 5.63. The molecule has 0 aromatic heterocycles. The maximum atomic E-state index is 5.63. The Labute approximate surface area is 105 Å². The van der Waals surface area contributed by atoms with Gasteiger partial charge < -0.3 is 9.47 Å². The van der Waals surface area contributed by atoms with Gasteiger partial charge in [0.25, 0.3) is 0 Å². The molecule has 0 heterocycles. The van der Waals surface area contributed by atoms with E-state index in [0.717, 1.165) is 37.6 Å². The lowest BCUT2D eigenvalue weighted by atomic mass is 10.3. The smallest absolute Gasteiger partial charge is 0.162 e. The largest absolute Gasteiger partial charge is 0.490 e. The number of benzene rings is 1. The van der Waals surface area contributed by atoms with Crippen molar-refractivity contribution in [2.24, 2.45) is 0 Å². The number of hydrogen-bond donors (Lipinski definition) is 0. The SMILES string of the molecule is CCCOc1ccc(I)cc1OCCC.